The van der Waals surface area contributed by atoms with Crippen LogP contribution in [0.2, 0.25) is 0 Å². The first-order valence-corrected chi connectivity index (χ1v) is 15.0. The summed E-state index contributed by atoms with van der Waals surface area (Å²) in [6, 6.07) is 0. The number of unbranched alkanes of at least 4 members (excludes halogenated alkanes) is 14. The zero-order valence-corrected chi connectivity index (χ0v) is 24.6. The summed E-state index contributed by atoms with van der Waals surface area (Å²) in [4.78, 5) is 49.9. The van der Waals surface area contributed by atoms with E-state index < -0.39 is 42.3 Å². The second kappa shape index (κ2) is 27.3. The fourth-order valence-corrected chi connectivity index (χ4v) is 4.38. The number of esters is 4. The molecular formula is C30H56CaO8. The van der Waals surface area contributed by atoms with E-state index in [9.17, 15) is 19.2 Å². The third-order valence-corrected chi connectivity index (χ3v) is 6.41. The van der Waals surface area contributed by atoms with Crippen LogP contribution in [0, 0.1) is 0 Å². The van der Waals surface area contributed by atoms with E-state index in [0.717, 1.165) is 19.3 Å². The standard InChI is InChI=1S/C30H54O8.Ca.2H/c1-5-9-10-11-12-13-14-15-16-17-18-19-20-21-22-23-26(31)38-30(29(34)37-8-4,24-27(32)35-6-2)25-28(33)36-7-3;;;/h5-25H2,1-4H3;;;. The van der Waals surface area contributed by atoms with Crippen molar-refractivity contribution in [3.05, 3.63) is 0 Å². The van der Waals surface area contributed by atoms with Gasteiger partial charge in [-0.05, 0) is 27.2 Å². The molecule has 226 valence electrons. The first-order valence-electron chi connectivity index (χ1n) is 15.0. The average molecular weight is 585 g/mol. The fourth-order valence-electron chi connectivity index (χ4n) is 4.38. The fraction of sp³-hybridized carbons (Fsp3) is 0.867. The van der Waals surface area contributed by atoms with Crippen LogP contribution in [-0.4, -0.2) is 87.0 Å². The first-order chi connectivity index (χ1) is 18.3. The number of rotatable bonds is 25. The van der Waals surface area contributed by atoms with Crippen LogP contribution in [0.1, 0.15) is 143 Å². The Balaban J connectivity index is 0. The van der Waals surface area contributed by atoms with Crippen LogP contribution in [-0.2, 0) is 38.1 Å². The van der Waals surface area contributed by atoms with Crippen LogP contribution in [0.4, 0.5) is 0 Å². The number of ether oxygens (including phenoxy) is 4. The molecular weight excluding hydrogens is 528 g/mol. The quantitative estimate of drug-likeness (QED) is 0.0550. The Morgan fingerprint density at radius 2 is 0.846 bits per heavy atom. The third-order valence-electron chi connectivity index (χ3n) is 6.41. The Hall–Kier alpha value is -0.860. The minimum atomic E-state index is -2.10. The molecule has 0 aliphatic heterocycles. The van der Waals surface area contributed by atoms with Crippen LogP contribution in [0.5, 0.6) is 0 Å². The van der Waals surface area contributed by atoms with Gasteiger partial charge in [-0.1, -0.05) is 96.8 Å². The van der Waals surface area contributed by atoms with Crippen molar-refractivity contribution in [1.29, 1.82) is 0 Å². The predicted octanol–water partition coefficient (Wildman–Crippen LogP) is 6.08. The molecule has 0 aliphatic rings. The molecule has 0 aromatic carbocycles. The van der Waals surface area contributed by atoms with Gasteiger partial charge in [0.05, 0.1) is 32.7 Å². The summed E-state index contributed by atoms with van der Waals surface area (Å²) in [5.41, 5.74) is -2.10. The van der Waals surface area contributed by atoms with E-state index in [1.54, 1.807) is 20.8 Å². The molecule has 0 saturated heterocycles. The molecule has 0 radical (unpaired) electrons. The number of carbonyl (C=O) groups excluding carboxylic acids is 4. The van der Waals surface area contributed by atoms with Crippen molar-refractivity contribution >= 4 is 61.6 Å². The summed E-state index contributed by atoms with van der Waals surface area (Å²) in [5.74, 6) is -3.12. The number of hydrogen-bond acceptors (Lipinski definition) is 8. The molecule has 0 fully saturated rings. The van der Waals surface area contributed by atoms with Crippen LogP contribution >= 0.6 is 0 Å². The van der Waals surface area contributed by atoms with E-state index in [0.29, 0.717) is 6.42 Å². The molecule has 39 heavy (non-hydrogen) atoms. The van der Waals surface area contributed by atoms with E-state index in [2.05, 4.69) is 6.92 Å². The minimum absolute atomic E-state index is 0. The van der Waals surface area contributed by atoms with Crippen molar-refractivity contribution < 1.29 is 38.1 Å². The van der Waals surface area contributed by atoms with Gasteiger partial charge in [0, 0.05) is 6.42 Å². The molecule has 0 atom stereocenters. The molecule has 9 heteroatoms. The molecule has 0 aromatic rings. The van der Waals surface area contributed by atoms with E-state index in [1.807, 2.05) is 0 Å². The summed E-state index contributed by atoms with van der Waals surface area (Å²) in [7, 11) is 0. The maximum absolute atomic E-state index is 12.8. The van der Waals surface area contributed by atoms with Gasteiger partial charge in [-0.25, -0.2) is 4.79 Å². The first kappa shape index (κ1) is 40.3. The zero-order valence-electron chi connectivity index (χ0n) is 24.6. The zero-order chi connectivity index (χ0) is 28.5. The Kier molecular flexibility index (Phi) is 28.2. The number of hydrogen-bond donors (Lipinski definition) is 0. The van der Waals surface area contributed by atoms with E-state index >= 15 is 0 Å². The Morgan fingerprint density at radius 1 is 0.487 bits per heavy atom. The molecule has 0 spiro atoms. The molecule has 0 aliphatic carbocycles. The second-order valence-corrected chi connectivity index (χ2v) is 9.85. The molecule has 0 amide bonds. The van der Waals surface area contributed by atoms with Crippen LogP contribution < -0.4 is 0 Å². The van der Waals surface area contributed by atoms with Gasteiger partial charge in [0.2, 0.25) is 5.60 Å². The molecule has 8 nitrogen and oxygen atoms in total. The normalized spacial score (nSPS) is 10.9. The van der Waals surface area contributed by atoms with Crippen molar-refractivity contribution in [2.24, 2.45) is 0 Å². The molecule has 0 aromatic heterocycles. The van der Waals surface area contributed by atoms with Gasteiger partial charge in [0.1, 0.15) is 0 Å². The van der Waals surface area contributed by atoms with Gasteiger partial charge in [-0.2, -0.15) is 0 Å². The van der Waals surface area contributed by atoms with Gasteiger partial charge < -0.3 is 18.9 Å². The molecule has 0 rings (SSSR count). The van der Waals surface area contributed by atoms with Crippen LogP contribution in [0.3, 0.4) is 0 Å². The Bertz CT molecular complexity index is 633. The number of carbonyl (C=O) groups is 4. The molecule has 0 unspecified atom stereocenters. The van der Waals surface area contributed by atoms with Gasteiger partial charge >= 0.3 is 61.6 Å². The molecule has 0 N–H and O–H groups in total. The summed E-state index contributed by atoms with van der Waals surface area (Å²) >= 11 is 0. The van der Waals surface area contributed by atoms with Gasteiger partial charge in [-0.15, -0.1) is 0 Å². The molecule has 0 saturated carbocycles. The van der Waals surface area contributed by atoms with Crippen LogP contribution in [0.25, 0.3) is 0 Å². The van der Waals surface area contributed by atoms with Gasteiger partial charge in [0.15, 0.2) is 0 Å². The monoisotopic (exact) mass is 584 g/mol. The second-order valence-electron chi connectivity index (χ2n) is 9.85. The van der Waals surface area contributed by atoms with Gasteiger partial charge in [-0.3, -0.25) is 14.4 Å². The summed E-state index contributed by atoms with van der Waals surface area (Å²) in [5, 5.41) is 0. The van der Waals surface area contributed by atoms with Gasteiger partial charge in [0.25, 0.3) is 0 Å². The van der Waals surface area contributed by atoms with Crippen molar-refractivity contribution in [2.75, 3.05) is 19.8 Å². The molecule has 0 heterocycles. The van der Waals surface area contributed by atoms with E-state index in [4.69, 9.17) is 18.9 Å². The van der Waals surface area contributed by atoms with E-state index in [-0.39, 0.29) is 64.0 Å². The summed E-state index contributed by atoms with van der Waals surface area (Å²) in [6.45, 7) is 7.26. The van der Waals surface area contributed by atoms with Crippen molar-refractivity contribution in [3.8, 4) is 0 Å². The van der Waals surface area contributed by atoms with Crippen LogP contribution in [0.15, 0.2) is 0 Å². The SMILES string of the molecule is CCCCCCCCCCCCCCCCCC(=O)OC(CC(=O)OCC)(CC(=O)OCC)C(=O)OCC.[CaH2]. The summed E-state index contributed by atoms with van der Waals surface area (Å²) < 4.78 is 20.5. The van der Waals surface area contributed by atoms with Crippen molar-refractivity contribution in [3.63, 3.8) is 0 Å². The van der Waals surface area contributed by atoms with Crippen molar-refractivity contribution in [1.82, 2.24) is 0 Å². The Labute approximate surface area is 267 Å². The van der Waals surface area contributed by atoms with Crippen molar-refractivity contribution in [2.45, 2.75) is 149 Å². The molecule has 0 bridgehead atoms. The Morgan fingerprint density at radius 3 is 1.21 bits per heavy atom. The maximum atomic E-state index is 12.8. The topological polar surface area (TPSA) is 105 Å². The van der Waals surface area contributed by atoms with E-state index in [1.165, 1.54) is 70.6 Å². The predicted molar refractivity (Wildman–Crippen MR) is 156 cm³/mol. The third kappa shape index (κ3) is 21.5. The summed E-state index contributed by atoms with van der Waals surface area (Å²) in [6.07, 6.45) is 17.1. The average Bonchev–Trinajstić information content (AvgIpc) is 2.86.